The molecule has 25 heavy (non-hydrogen) atoms. The molecule has 6 nitrogen and oxygen atoms in total. The van der Waals surface area contributed by atoms with Crippen molar-refractivity contribution in [2.24, 2.45) is 5.73 Å². The monoisotopic (exact) mass is 342 g/mol. The molecule has 2 rings (SSSR count). The minimum atomic E-state index is -0.754. The Hall–Kier alpha value is -2.86. The van der Waals surface area contributed by atoms with E-state index in [1.54, 1.807) is 18.2 Å². The lowest BCUT2D eigenvalue weighted by molar-refractivity contribution is -0.142. The number of benzene rings is 2. The summed E-state index contributed by atoms with van der Waals surface area (Å²) < 4.78 is 9.83. The van der Waals surface area contributed by atoms with E-state index in [9.17, 15) is 9.59 Å². The molecule has 2 aromatic rings. The van der Waals surface area contributed by atoms with Gasteiger partial charge in [0.2, 0.25) is 5.91 Å². The predicted molar refractivity (Wildman–Crippen MR) is 95.4 cm³/mol. The molecule has 0 aromatic heterocycles. The van der Waals surface area contributed by atoms with Gasteiger partial charge in [-0.25, -0.2) is 4.79 Å². The Kier molecular flexibility index (Phi) is 6.14. The molecule has 0 aliphatic heterocycles. The van der Waals surface area contributed by atoms with Crippen LogP contribution in [-0.2, 0) is 14.3 Å². The Morgan fingerprint density at radius 2 is 1.80 bits per heavy atom. The van der Waals surface area contributed by atoms with Crippen molar-refractivity contribution in [1.29, 1.82) is 0 Å². The number of esters is 1. The molecule has 0 saturated heterocycles. The summed E-state index contributed by atoms with van der Waals surface area (Å²) in [4.78, 5) is 23.5. The maximum absolute atomic E-state index is 12.4. The van der Waals surface area contributed by atoms with E-state index in [0.29, 0.717) is 11.4 Å². The highest BCUT2D eigenvalue weighted by Crippen LogP contribution is 2.23. The van der Waals surface area contributed by atoms with Gasteiger partial charge in [0.05, 0.1) is 7.11 Å². The summed E-state index contributed by atoms with van der Waals surface area (Å²) in [5.41, 5.74) is 9.31. The first-order valence-corrected chi connectivity index (χ1v) is 7.84. The van der Waals surface area contributed by atoms with Gasteiger partial charge in [-0.3, -0.25) is 4.79 Å². The van der Waals surface area contributed by atoms with Gasteiger partial charge in [0.1, 0.15) is 11.8 Å². The molecule has 0 bridgehead atoms. The molecule has 2 aromatic carbocycles. The van der Waals surface area contributed by atoms with Crippen LogP contribution in [0.3, 0.4) is 0 Å². The van der Waals surface area contributed by atoms with E-state index in [1.165, 1.54) is 7.11 Å². The van der Waals surface area contributed by atoms with Gasteiger partial charge in [0.25, 0.3) is 0 Å². The number of carbonyl (C=O) groups excluding carboxylic acids is 2. The lowest BCUT2D eigenvalue weighted by atomic mass is 10.0. The Balaban J connectivity index is 2.02. The molecule has 0 fully saturated rings. The fourth-order valence-corrected chi connectivity index (χ4v) is 2.20. The number of hydrogen-bond acceptors (Lipinski definition) is 5. The second-order valence-electron chi connectivity index (χ2n) is 5.72. The number of rotatable bonds is 6. The fourth-order valence-electron chi connectivity index (χ4n) is 2.20. The van der Waals surface area contributed by atoms with Gasteiger partial charge in [-0.15, -0.1) is 0 Å². The van der Waals surface area contributed by atoms with Crippen LogP contribution in [0.5, 0.6) is 5.75 Å². The second kappa shape index (κ2) is 8.30. The normalized spacial score (nSPS) is 11.5. The third-order valence-corrected chi connectivity index (χ3v) is 3.76. The summed E-state index contributed by atoms with van der Waals surface area (Å²) >= 11 is 0. The number of aryl methyl sites for hydroxylation is 2. The highest BCUT2D eigenvalue weighted by Gasteiger charge is 2.16. The number of carbonyl (C=O) groups is 2. The van der Waals surface area contributed by atoms with Crippen molar-refractivity contribution < 1.29 is 19.1 Å². The molecule has 1 amide bonds. The molecular weight excluding hydrogens is 320 g/mol. The Morgan fingerprint density at radius 3 is 2.40 bits per heavy atom. The van der Waals surface area contributed by atoms with E-state index in [0.717, 1.165) is 16.7 Å². The summed E-state index contributed by atoms with van der Waals surface area (Å²) in [6.45, 7) is 3.64. The van der Waals surface area contributed by atoms with Gasteiger partial charge < -0.3 is 20.5 Å². The maximum atomic E-state index is 12.4. The Morgan fingerprint density at radius 1 is 1.12 bits per heavy atom. The highest BCUT2D eigenvalue weighted by atomic mass is 16.6. The van der Waals surface area contributed by atoms with Crippen LogP contribution < -0.4 is 15.8 Å². The SMILES string of the molecule is COC(=O)COc1ccc(NC(=O)C(N)c2ccc(C)cc2)c(C)c1. The number of nitrogens with two attached hydrogens (primary N) is 1. The number of amides is 1. The van der Waals surface area contributed by atoms with Crippen LogP contribution in [0.1, 0.15) is 22.7 Å². The van der Waals surface area contributed by atoms with Gasteiger partial charge in [0, 0.05) is 5.69 Å². The molecule has 6 heteroatoms. The second-order valence-corrected chi connectivity index (χ2v) is 5.72. The largest absolute Gasteiger partial charge is 0.482 e. The molecule has 0 aliphatic carbocycles. The summed E-state index contributed by atoms with van der Waals surface area (Å²) in [7, 11) is 1.30. The molecule has 0 spiro atoms. The van der Waals surface area contributed by atoms with E-state index in [1.807, 2.05) is 38.1 Å². The third kappa shape index (κ3) is 5.06. The van der Waals surface area contributed by atoms with Gasteiger partial charge >= 0.3 is 5.97 Å². The van der Waals surface area contributed by atoms with Crippen LogP contribution in [0.25, 0.3) is 0 Å². The number of methoxy groups -OCH3 is 1. The first-order valence-electron chi connectivity index (χ1n) is 7.84. The van der Waals surface area contributed by atoms with Crippen molar-refractivity contribution in [1.82, 2.24) is 0 Å². The predicted octanol–water partition coefficient (Wildman–Crippen LogP) is 2.49. The molecule has 0 radical (unpaired) electrons. The van der Waals surface area contributed by atoms with Crippen molar-refractivity contribution >= 4 is 17.6 Å². The van der Waals surface area contributed by atoms with Crippen molar-refractivity contribution in [3.8, 4) is 5.75 Å². The molecular formula is C19H22N2O4. The topological polar surface area (TPSA) is 90.6 Å². The van der Waals surface area contributed by atoms with E-state index in [-0.39, 0.29) is 12.5 Å². The van der Waals surface area contributed by atoms with Crippen LogP contribution >= 0.6 is 0 Å². The average Bonchev–Trinajstić information content (AvgIpc) is 2.61. The zero-order valence-electron chi connectivity index (χ0n) is 14.5. The lowest BCUT2D eigenvalue weighted by Gasteiger charge is -2.15. The van der Waals surface area contributed by atoms with E-state index in [4.69, 9.17) is 10.5 Å². The van der Waals surface area contributed by atoms with Gasteiger partial charge in [-0.1, -0.05) is 29.8 Å². The molecule has 132 valence electrons. The highest BCUT2D eigenvalue weighted by molar-refractivity contribution is 5.96. The quantitative estimate of drug-likeness (QED) is 0.787. The van der Waals surface area contributed by atoms with Crippen LogP contribution in [0.15, 0.2) is 42.5 Å². The van der Waals surface area contributed by atoms with E-state index >= 15 is 0 Å². The number of hydrogen-bond donors (Lipinski definition) is 2. The fraction of sp³-hybridized carbons (Fsp3) is 0.263. The zero-order valence-corrected chi connectivity index (χ0v) is 14.5. The molecule has 0 aliphatic rings. The summed E-state index contributed by atoms with van der Waals surface area (Å²) in [6, 6.07) is 11.9. The van der Waals surface area contributed by atoms with Crippen LogP contribution in [0.4, 0.5) is 5.69 Å². The summed E-state index contributed by atoms with van der Waals surface area (Å²) in [6.07, 6.45) is 0. The molecule has 1 unspecified atom stereocenters. The maximum Gasteiger partial charge on any atom is 0.343 e. The number of nitrogens with one attached hydrogen (secondary N) is 1. The first-order chi connectivity index (χ1) is 11.9. The van der Waals surface area contributed by atoms with Gasteiger partial charge in [-0.2, -0.15) is 0 Å². The number of ether oxygens (including phenoxy) is 2. The minimum Gasteiger partial charge on any atom is -0.482 e. The minimum absolute atomic E-state index is 0.167. The average molecular weight is 342 g/mol. The summed E-state index contributed by atoms with van der Waals surface area (Å²) in [5.74, 6) is -0.238. The zero-order chi connectivity index (χ0) is 18.4. The van der Waals surface area contributed by atoms with Crippen LogP contribution in [0.2, 0.25) is 0 Å². The Labute approximate surface area is 146 Å². The van der Waals surface area contributed by atoms with Gasteiger partial charge in [0.15, 0.2) is 6.61 Å². The van der Waals surface area contributed by atoms with Crippen molar-refractivity contribution in [2.45, 2.75) is 19.9 Å². The molecule has 0 heterocycles. The van der Waals surface area contributed by atoms with E-state index < -0.39 is 12.0 Å². The summed E-state index contributed by atoms with van der Waals surface area (Å²) in [5, 5.41) is 2.82. The Bertz CT molecular complexity index is 757. The van der Waals surface area contributed by atoms with Gasteiger partial charge in [-0.05, 0) is 43.2 Å². The van der Waals surface area contributed by atoms with E-state index in [2.05, 4.69) is 10.1 Å². The van der Waals surface area contributed by atoms with Crippen molar-refractivity contribution in [2.75, 3.05) is 19.0 Å². The molecule has 1 atom stereocenters. The smallest absolute Gasteiger partial charge is 0.343 e. The first kappa shape index (κ1) is 18.5. The lowest BCUT2D eigenvalue weighted by Crippen LogP contribution is -2.28. The molecule has 3 N–H and O–H groups in total. The van der Waals surface area contributed by atoms with Crippen molar-refractivity contribution in [3.63, 3.8) is 0 Å². The van der Waals surface area contributed by atoms with Crippen LogP contribution in [0, 0.1) is 13.8 Å². The number of anilines is 1. The third-order valence-electron chi connectivity index (χ3n) is 3.76. The molecule has 0 saturated carbocycles. The van der Waals surface area contributed by atoms with Crippen LogP contribution in [-0.4, -0.2) is 25.6 Å². The standard InChI is InChI=1S/C19H22N2O4/c1-12-4-6-14(7-5-12)18(20)19(23)21-16-9-8-15(10-13(16)2)25-11-17(22)24-3/h4-10,18H,11,20H2,1-3H3,(H,21,23). The van der Waals surface area contributed by atoms with Crippen molar-refractivity contribution in [3.05, 3.63) is 59.2 Å².